The first kappa shape index (κ1) is 61.3. The fourth-order valence-corrected chi connectivity index (χ4v) is 8.63. The van der Waals surface area contributed by atoms with E-state index in [1.807, 2.05) is 6.08 Å². The van der Waals surface area contributed by atoms with Crippen LogP contribution in [0.5, 0.6) is 0 Å². The molecule has 2 atom stereocenters. The van der Waals surface area contributed by atoms with Crippen LogP contribution in [0.3, 0.4) is 0 Å². The molecule has 0 saturated heterocycles. The molecule has 0 spiro atoms. The normalized spacial score (nSPS) is 12.8. The van der Waals surface area contributed by atoms with Gasteiger partial charge in [0.05, 0.1) is 25.4 Å². The van der Waals surface area contributed by atoms with E-state index in [2.05, 4.69) is 31.3 Å². The second-order valence-corrected chi connectivity index (χ2v) is 19.3. The van der Waals surface area contributed by atoms with E-state index < -0.39 is 12.1 Å². The number of unbranched alkanes of at least 4 members (excludes halogenated alkanes) is 39. The number of aliphatic hydroxyl groups is 2. The highest BCUT2D eigenvalue weighted by atomic mass is 16.5. The zero-order valence-electron chi connectivity index (χ0n) is 42.3. The Morgan fingerprint density at radius 1 is 0.429 bits per heavy atom. The Morgan fingerprint density at radius 2 is 0.746 bits per heavy atom. The SMILES string of the molecule is CCCCCCCCCCCCCCCCCCCC/C=C/C(O)C(CO)NC(=O)CCCCCCC/C=C\CCCCCOC(=O)CCCCCCCCCCCCCCCC. The first-order valence-electron chi connectivity index (χ1n) is 28.1. The van der Waals surface area contributed by atoms with Crippen LogP contribution in [0.15, 0.2) is 24.3 Å². The van der Waals surface area contributed by atoms with Gasteiger partial charge in [0.15, 0.2) is 0 Å². The predicted octanol–water partition coefficient (Wildman–Crippen LogP) is 17.1. The average Bonchev–Trinajstić information content (AvgIpc) is 3.28. The lowest BCUT2D eigenvalue weighted by molar-refractivity contribution is -0.143. The van der Waals surface area contributed by atoms with Crippen molar-refractivity contribution in [1.29, 1.82) is 0 Å². The van der Waals surface area contributed by atoms with E-state index in [9.17, 15) is 19.8 Å². The van der Waals surface area contributed by atoms with Crippen molar-refractivity contribution in [1.82, 2.24) is 5.32 Å². The molecule has 63 heavy (non-hydrogen) atoms. The van der Waals surface area contributed by atoms with Crippen molar-refractivity contribution < 1.29 is 24.5 Å². The van der Waals surface area contributed by atoms with Gasteiger partial charge in [0.25, 0.3) is 0 Å². The van der Waals surface area contributed by atoms with Gasteiger partial charge in [-0.2, -0.15) is 0 Å². The van der Waals surface area contributed by atoms with E-state index in [-0.39, 0.29) is 18.5 Å². The summed E-state index contributed by atoms with van der Waals surface area (Å²) in [4.78, 5) is 24.5. The van der Waals surface area contributed by atoms with Gasteiger partial charge in [-0.3, -0.25) is 9.59 Å². The molecular weight excluding hydrogens is 779 g/mol. The van der Waals surface area contributed by atoms with E-state index in [1.54, 1.807) is 6.08 Å². The fourth-order valence-electron chi connectivity index (χ4n) is 8.63. The van der Waals surface area contributed by atoms with Crippen LogP contribution in [0.2, 0.25) is 0 Å². The van der Waals surface area contributed by atoms with Gasteiger partial charge in [-0.05, 0) is 64.2 Å². The van der Waals surface area contributed by atoms with Crippen LogP contribution >= 0.6 is 0 Å². The zero-order valence-corrected chi connectivity index (χ0v) is 42.3. The Labute approximate surface area is 392 Å². The number of amides is 1. The van der Waals surface area contributed by atoms with E-state index in [0.717, 1.165) is 77.0 Å². The van der Waals surface area contributed by atoms with Gasteiger partial charge in [0.1, 0.15) is 0 Å². The van der Waals surface area contributed by atoms with Crippen molar-refractivity contribution in [3.8, 4) is 0 Å². The Bertz CT molecular complexity index is 982. The van der Waals surface area contributed by atoms with Gasteiger partial charge in [0.2, 0.25) is 5.91 Å². The van der Waals surface area contributed by atoms with Crippen molar-refractivity contribution in [2.75, 3.05) is 13.2 Å². The summed E-state index contributed by atoms with van der Waals surface area (Å²) in [6.07, 6.45) is 63.3. The molecule has 0 rings (SSSR count). The van der Waals surface area contributed by atoms with E-state index in [4.69, 9.17) is 4.74 Å². The predicted molar refractivity (Wildman–Crippen MR) is 273 cm³/mol. The van der Waals surface area contributed by atoms with E-state index in [1.165, 1.54) is 199 Å². The minimum atomic E-state index is -0.860. The lowest BCUT2D eigenvalue weighted by atomic mass is 10.0. The molecule has 0 aliphatic heterocycles. The summed E-state index contributed by atoms with van der Waals surface area (Å²) < 4.78 is 5.45. The van der Waals surface area contributed by atoms with Gasteiger partial charge >= 0.3 is 5.97 Å². The second-order valence-electron chi connectivity index (χ2n) is 19.3. The maximum atomic E-state index is 12.5. The monoisotopic (exact) mass is 888 g/mol. The van der Waals surface area contributed by atoms with E-state index in [0.29, 0.717) is 19.4 Å². The molecule has 0 aromatic rings. The lowest BCUT2D eigenvalue weighted by Gasteiger charge is -2.20. The number of aliphatic hydroxyl groups excluding tert-OH is 2. The number of hydrogen-bond donors (Lipinski definition) is 3. The molecule has 0 aromatic heterocycles. The summed E-state index contributed by atoms with van der Waals surface area (Å²) in [5, 5.41) is 23.1. The van der Waals surface area contributed by atoms with Gasteiger partial charge in [-0.25, -0.2) is 0 Å². The van der Waals surface area contributed by atoms with Crippen molar-refractivity contribution in [3.05, 3.63) is 24.3 Å². The fraction of sp³-hybridized carbons (Fsp3) is 0.895. The molecular formula is C57H109NO5. The van der Waals surface area contributed by atoms with Gasteiger partial charge in [-0.1, -0.05) is 250 Å². The summed E-state index contributed by atoms with van der Waals surface area (Å²) in [5.74, 6) is -0.113. The molecule has 1 amide bonds. The third-order valence-electron chi connectivity index (χ3n) is 13.0. The lowest BCUT2D eigenvalue weighted by Crippen LogP contribution is -2.45. The first-order chi connectivity index (χ1) is 31.0. The molecule has 6 nitrogen and oxygen atoms in total. The van der Waals surface area contributed by atoms with Gasteiger partial charge in [-0.15, -0.1) is 0 Å². The number of esters is 1. The largest absolute Gasteiger partial charge is 0.466 e. The van der Waals surface area contributed by atoms with Crippen molar-refractivity contribution in [2.24, 2.45) is 0 Å². The zero-order chi connectivity index (χ0) is 45.8. The minimum absolute atomic E-state index is 0.0218. The molecule has 0 aromatic carbocycles. The van der Waals surface area contributed by atoms with Crippen LogP contribution < -0.4 is 5.32 Å². The molecule has 6 heteroatoms. The quantitative estimate of drug-likeness (QED) is 0.0321. The highest BCUT2D eigenvalue weighted by Crippen LogP contribution is 2.17. The summed E-state index contributed by atoms with van der Waals surface area (Å²) in [7, 11) is 0. The molecule has 2 unspecified atom stereocenters. The summed E-state index contributed by atoms with van der Waals surface area (Å²) in [5.41, 5.74) is 0. The van der Waals surface area contributed by atoms with Gasteiger partial charge in [0, 0.05) is 12.8 Å². The smallest absolute Gasteiger partial charge is 0.305 e. The van der Waals surface area contributed by atoms with Gasteiger partial charge < -0.3 is 20.3 Å². The summed E-state index contributed by atoms with van der Waals surface area (Å²) in [6.45, 7) is 4.86. The Morgan fingerprint density at radius 3 is 1.13 bits per heavy atom. The second kappa shape index (κ2) is 53.0. The summed E-state index contributed by atoms with van der Waals surface area (Å²) in [6, 6.07) is -0.646. The number of allylic oxidation sites excluding steroid dienone is 3. The van der Waals surface area contributed by atoms with Crippen LogP contribution in [0.25, 0.3) is 0 Å². The third-order valence-corrected chi connectivity index (χ3v) is 13.0. The summed E-state index contributed by atoms with van der Waals surface area (Å²) >= 11 is 0. The van der Waals surface area contributed by atoms with Crippen LogP contribution in [-0.2, 0) is 14.3 Å². The highest BCUT2D eigenvalue weighted by Gasteiger charge is 2.18. The maximum absolute atomic E-state index is 12.5. The van der Waals surface area contributed by atoms with Crippen LogP contribution in [0.4, 0.5) is 0 Å². The van der Waals surface area contributed by atoms with Crippen LogP contribution in [0, 0.1) is 0 Å². The molecule has 0 radical (unpaired) electrons. The number of rotatable bonds is 52. The molecule has 0 aliphatic carbocycles. The number of hydrogen-bond acceptors (Lipinski definition) is 5. The number of ether oxygens (including phenoxy) is 1. The molecule has 0 aliphatic rings. The molecule has 0 fully saturated rings. The third kappa shape index (κ3) is 49.6. The molecule has 0 heterocycles. The Balaban J connectivity index is 3.53. The molecule has 0 saturated carbocycles. The van der Waals surface area contributed by atoms with E-state index >= 15 is 0 Å². The molecule has 0 bridgehead atoms. The Kier molecular flexibility index (Phi) is 51.6. The number of carbonyl (C=O) groups is 2. The first-order valence-corrected chi connectivity index (χ1v) is 28.1. The topological polar surface area (TPSA) is 95.9 Å². The van der Waals surface area contributed by atoms with Crippen molar-refractivity contribution >= 4 is 11.9 Å². The highest BCUT2D eigenvalue weighted by molar-refractivity contribution is 5.76. The minimum Gasteiger partial charge on any atom is -0.466 e. The van der Waals surface area contributed by atoms with Crippen LogP contribution in [-0.4, -0.2) is 47.4 Å². The number of carbonyl (C=O) groups excluding carboxylic acids is 2. The van der Waals surface area contributed by atoms with Crippen LogP contribution in [0.1, 0.15) is 303 Å². The van der Waals surface area contributed by atoms with Crippen molar-refractivity contribution in [3.63, 3.8) is 0 Å². The number of nitrogens with one attached hydrogen (secondary N) is 1. The van der Waals surface area contributed by atoms with Crippen molar-refractivity contribution in [2.45, 2.75) is 315 Å². The molecule has 372 valence electrons. The molecule has 3 N–H and O–H groups in total. The maximum Gasteiger partial charge on any atom is 0.305 e. The average molecular weight is 889 g/mol. The standard InChI is InChI=1S/C57H109NO5/c1-3-5-7-9-11-13-15-17-19-20-21-22-23-24-25-29-33-37-41-45-49-55(60)54(53-59)58-56(61)50-46-42-38-34-30-27-28-32-36-40-44-48-52-63-57(62)51-47-43-39-35-31-26-18-16-14-12-10-8-6-4-2/h28,32,45,49,54-55,59-60H,3-27,29-31,33-44,46-48,50-53H2,1-2H3,(H,58,61)/b32-28-,49-45+. The Hall–Kier alpha value is -1.66.